The maximum Gasteiger partial charge on any atom is 0.231 e. The van der Waals surface area contributed by atoms with Gasteiger partial charge in [-0.2, -0.15) is 0 Å². The van der Waals surface area contributed by atoms with Gasteiger partial charge in [-0.3, -0.25) is 0 Å². The van der Waals surface area contributed by atoms with Crippen LogP contribution in [0, 0.1) is 5.92 Å². The predicted octanol–water partition coefficient (Wildman–Crippen LogP) is 3.68. The smallest absolute Gasteiger partial charge is 0.231 e. The van der Waals surface area contributed by atoms with Crippen molar-refractivity contribution in [1.29, 1.82) is 0 Å². The molecule has 0 saturated heterocycles. The van der Waals surface area contributed by atoms with E-state index in [4.69, 9.17) is 9.47 Å². The van der Waals surface area contributed by atoms with E-state index < -0.39 is 0 Å². The van der Waals surface area contributed by atoms with Gasteiger partial charge in [0.2, 0.25) is 6.79 Å². The van der Waals surface area contributed by atoms with E-state index in [1.807, 2.05) is 6.07 Å². The summed E-state index contributed by atoms with van der Waals surface area (Å²) in [5, 5.41) is 3.69. The Morgan fingerprint density at radius 1 is 1.24 bits per heavy atom. The maximum absolute atomic E-state index is 5.43. The molecule has 2 aliphatic rings. The number of hydrogen-bond donors (Lipinski definition) is 1. The highest BCUT2D eigenvalue weighted by molar-refractivity contribution is 5.44. The molecule has 1 aromatic carbocycles. The van der Waals surface area contributed by atoms with E-state index in [1.165, 1.54) is 24.8 Å². The standard InChI is InChI=1S/C18H25NO2/c1-14(19-12-16-5-3-2-4-6-16)7-8-15-9-10-17-18(11-15)21-13-20-17/h2-3,9-11,14,16,19H,4-8,12-13H2,1H3. The molecule has 3 nitrogen and oxygen atoms in total. The largest absolute Gasteiger partial charge is 0.454 e. The molecule has 1 aliphatic carbocycles. The molecular weight excluding hydrogens is 262 g/mol. The molecule has 2 unspecified atom stereocenters. The summed E-state index contributed by atoms with van der Waals surface area (Å²) in [6, 6.07) is 6.83. The van der Waals surface area contributed by atoms with E-state index in [1.54, 1.807) is 0 Å². The van der Waals surface area contributed by atoms with E-state index in [-0.39, 0.29) is 0 Å². The second-order valence-corrected chi connectivity index (χ2v) is 6.19. The lowest BCUT2D eigenvalue weighted by Crippen LogP contribution is -2.31. The van der Waals surface area contributed by atoms with Crippen LogP contribution >= 0.6 is 0 Å². The molecule has 21 heavy (non-hydrogen) atoms. The van der Waals surface area contributed by atoms with Crippen LogP contribution in [-0.2, 0) is 6.42 Å². The van der Waals surface area contributed by atoms with Crippen molar-refractivity contribution in [3.8, 4) is 11.5 Å². The van der Waals surface area contributed by atoms with Crippen LogP contribution in [0.1, 0.15) is 38.2 Å². The van der Waals surface area contributed by atoms with Gasteiger partial charge in [-0.15, -0.1) is 0 Å². The van der Waals surface area contributed by atoms with Crippen LogP contribution in [-0.4, -0.2) is 19.4 Å². The Morgan fingerprint density at radius 3 is 3.00 bits per heavy atom. The summed E-state index contributed by atoms with van der Waals surface area (Å²) < 4.78 is 10.8. The number of fused-ring (bicyclic) bond motifs is 1. The Bertz CT molecular complexity index is 498. The molecule has 1 N–H and O–H groups in total. The van der Waals surface area contributed by atoms with Crippen LogP contribution in [0.25, 0.3) is 0 Å². The summed E-state index contributed by atoms with van der Waals surface area (Å²) in [7, 11) is 0. The normalized spacial score (nSPS) is 21.5. The van der Waals surface area contributed by atoms with E-state index >= 15 is 0 Å². The first-order valence-electron chi connectivity index (χ1n) is 8.08. The first-order valence-corrected chi connectivity index (χ1v) is 8.08. The molecule has 3 rings (SSSR count). The van der Waals surface area contributed by atoms with Crippen molar-refractivity contribution in [2.75, 3.05) is 13.3 Å². The van der Waals surface area contributed by atoms with E-state index in [9.17, 15) is 0 Å². The summed E-state index contributed by atoms with van der Waals surface area (Å²) in [5.41, 5.74) is 1.33. The van der Waals surface area contributed by atoms with Gasteiger partial charge in [0.15, 0.2) is 11.5 Å². The number of benzene rings is 1. The van der Waals surface area contributed by atoms with Gasteiger partial charge in [0.05, 0.1) is 0 Å². The molecule has 0 radical (unpaired) electrons. The second-order valence-electron chi connectivity index (χ2n) is 6.19. The molecule has 0 amide bonds. The van der Waals surface area contributed by atoms with Crippen molar-refractivity contribution in [2.24, 2.45) is 5.92 Å². The number of hydrogen-bond acceptors (Lipinski definition) is 3. The summed E-state index contributed by atoms with van der Waals surface area (Å²) in [4.78, 5) is 0. The van der Waals surface area contributed by atoms with Gasteiger partial charge in [-0.1, -0.05) is 18.2 Å². The number of nitrogens with one attached hydrogen (secondary N) is 1. The first kappa shape index (κ1) is 14.5. The molecule has 2 atom stereocenters. The minimum atomic E-state index is 0.354. The van der Waals surface area contributed by atoms with Gasteiger partial charge in [-0.05, 0) is 69.2 Å². The highest BCUT2D eigenvalue weighted by Gasteiger charge is 2.14. The predicted molar refractivity (Wildman–Crippen MR) is 84.8 cm³/mol. The second kappa shape index (κ2) is 6.99. The summed E-state index contributed by atoms with van der Waals surface area (Å²) in [5.74, 6) is 2.58. The lowest BCUT2D eigenvalue weighted by atomic mass is 9.94. The van der Waals surface area contributed by atoms with E-state index in [0.29, 0.717) is 12.8 Å². The minimum absolute atomic E-state index is 0.354. The third-order valence-corrected chi connectivity index (χ3v) is 4.44. The van der Waals surface area contributed by atoms with Crippen molar-refractivity contribution >= 4 is 0 Å². The molecule has 0 fully saturated rings. The van der Waals surface area contributed by atoms with Crippen LogP contribution in [0.5, 0.6) is 11.5 Å². The van der Waals surface area contributed by atoms with E-state index in [0.717, 1.165) is 36.8 Å². The first-order chi connectivity index (χ1) is 10.3. The molecular formula is C18H25NO2. The zero-order valence-electron chi connectivity index (χ0n) is 12.8. The molecule has 0 spiro atoms. The fourth-order valence-corrected chi connectivity index (χ4v) is 2.99. The number of aryl methyl sites for hydroxylation is 1. The number of allylic oxidation sites excluding steroid dienone is 2. The molecule has 0 saturated carbocycles. The van der Waals surface area contributed by atoms with Crippen molar-refractivity contribution < 1.29 is 9.47 Å². The quantitative estimate of drug-likeness (QED) is 0.810. The van der Waals surface area contributed by atoms with Crippen LogP contribution in [0.2, 0.25) is 0 Å². The van der Waals surface area contributed by atoms with Crippen molar-refractivity contribution in [1.82, 2.24) is 5.32 Å². The Hall–Kier alpha value is -1.48. The molecule has 1 heterocycles. The summed E-state index contributed by atoms with van der Waals surface area (Å²) in [6.45, 7) is 3.78. The zero-order chi connectivity index (χ0) is 14.5. The van der Waals surface area contributed by atoms with Crippen molar-refractivity contribution in [2.45, 2.75) is 45.1 Å². The van der Waals surface area contributed by atoms with Gasteiger partial charge in [0, 0.05) is 6.04 Å². The molecule has 0 bridgehead atoms. The SMILES string of the molecule is CC(CCc1ccc2c(c1)OCO2)NCC1CC=CCC1. The van der Waals surface area contributed by atoms with Gasteiger partial charge in [-0.25, -0.2) is 0 Å². The maximum atomic E-state index is 5.43. The summed E-state index contributed by atoms with van der Waals surface area (Å²) >= 11 is 0. The summed E-state index contributed by atoms with van der Waals surface area (Å²) in [6.07, 6.45) is 10.7. The van der Waals surface area contributed by atoms with Crippen molar-refractivity contribution in [3.63, 3.8) is 0 Å². The fraction of sp³-hybridized carbons (Fsp3) is 0.556. The Balaban J connectivity index is 1.41. The monoisotopic (exact) mass is 287 g/mol. The Morgan fingerprint density at radius 2 is 2.14 bits per heavy atom. The number of rotatable bonds is 6. The number of ether oxygens (including phenoxy) is 2. The van der Waals surface area contributed by atoms with Crippen LogP contribution in [0.3, 0.4) is 0 Å². The third-order valence-electron chi connectivity index (χ3n) is 4.44. The minimum Gasteiger partial charge on any atom is -0.454 e. The fourth-order valence-electron chi connectivity index (χ4n) is 2.99. The van der Waals surface area contributed by atoms with Crippen LogP contribution < -0.4 is 14.8 Å². The van der Waals surface area contributed by atoms with Gasteiger partial charge >= 0.3 is 0 Å². The topological polar surface area (TPSA) is 30.5 Å². The lowest BCUT2D eigenvalue weighted by molar-refractivity contribution is 0.174. The highest BCUT2D eigenvalue weighted by Crippen LogP contribution is 2.32. The highest BCUT2D eigenvalue weighted by atomic mass is 16.7. The van der Waals surface area contributed by atoms with Crippen LogP contribution in [0.15, 0.2) is 30.4 Å². The van der Waals surface area contributed by atoms with Gasteiger partial charge < -0.3 is 14.8 Å². The molecule has 0 aromatic heterocycles. The molecule has 1 aromatic rings. The Kier molecular flexibility index (Phi) is 4.81. The van der Waals surface area contributed by atoms with Gasteiger partial charge in [0.25, 0.3) is 0 Å². The molecule has 114 valence electrons. The zero-order valence-corrected chi connectivity index (χ0v) is 12.8. The van der Waals surface area contributed by atoms with Crippen LogP contribution in [0.4, 0.5) is 0 Å². The van der Waals surface area contributed by atoms with E-state index in [2.05, 4.69) is 36.5 Å². The van der Waals surface area contributed by atoms with Gasteiger partial charge in [0.1, 0.15) is 0 Å². The molecule has 1 aliphatic heterocycles. The Labute approximate surface area is 127 Å². The molecule has 3 heteroatoms. The average Bonchev–Trinajstić information content (AvgIpc) is 2.99. The lowest BCUT2D eigenvalue weighted by Gasteiger charge is -2.21. The van der Waals surface area contributed by atoms with Crippen molar-refractivity contribution in [3.05, 3.63) is 35.9 Å². The average molecular weight is 287 g/mol. The third kappa shape index (κ3) is 4.01.